The van der Waals surface area contributed by atoms with E-state index >= 15 is 0 Å². The molecule has 0 aliphatic carbocycles. The molecule has 0 saturated carbocycles. The average molecular weight is 849 g/mol. The second kappa shape index (κ2) is 15.1. The van der Waals surface area contributed by atoms with Gasteiger partial charge in [0.15, 0.2) is 0 Å². The van der Waals surface area contributed by atoms with Gasteiger partial charge in [-0.25, -0.2) is 0 Å². The molecule has 0 saturated heterocycles. The molecule has 8 aromatic carbocycles. The monoisotopic (exact) mass is 850 g/mol. The number of aromatic nitrogens is 2. The van der Waals surface area contributed by atoms with Gasteiger partial charge in [-0.05, 0) is 0 Å². The molecule has 6 heteroatoms. The van der Waals surface area contributed by atoms with Crippen molar-refractivity contribution in [3.63, 3.8) is 0 Å². The maximum atomic E-state index is 4.94. The van der Waals surface area contributed by atoms with Gasteiger partial charge in [-0.3, -0.25) is 0 Å². The zero-order valence-electron chi connectivity index (χ0n) is 30.2. The summed E-state index contributed by atoms with van der Waals surface area (Å²) in [5.41, 5.74) is 13.6. The van der Waals surface area contributed by atoms with Crippen molar-refractivity contribution < 1.29 is 0 Å². The van der Waals surface area contributed by atoms with Gasteiger partial charge in [-0.1, -0.05) is 0 Å². The van der Waals surface area contributed by atoms with Gasteiger partial charge >= 0.3 is 340 Å². The van der Waals surface area contributed by atoms with Gasteiger partial charge < -0.3 is 0 Å². The quantitative estimate of drug-likeness (QED) is 0.135. The first-order chi connectivity index (χ1) is 27.7. The second-order valence-corrected chi connectivity index (χ2v) is 17.8. The average Bonchev–Trinajstić information content (AvgIpc) is 3.91. The molecule has 0 unspecified atom stereocenters. The summed E-state index contributed by atoms with van der Waals surface area (Å²) in [4.78, 5) is 14.5. The first kappa shape index (κ1) is 34.2. The Labute approximate surface area is 338 Å². The van der Waals surface area contributed by atoms with Crippen molar-refractivity contribution in [1.29, 1.82) is 0 Å². The molecular formula is C50H34N4Se2. The molecule has 56 heavy (non-hydrogen) atoms. The summed E-state index contributed by atoms with van der Waals surface area (Å²) >= 11 is 0.437. The van der Waals surface area contributed by atoms with Gasteiger partial charge in [0, 0.05) is 0 Å². The Hall–Kier alpha value is -6.26. The zero-order chi connectivity index (χ0) is 37.3. The summed E-state index contributed by atoms with van der Waals surface area (Å²) in [6.45, 7) is 0. The third kappa shape index (κ3) is 6.81. The van der Waals surface area contributed by atoms with Crippen LogP contribution >= 0.6 is 0 Å². The first-order valence-corrected chi connectivity index (χ1v) is 22.0. The van der Waals surface area contributed by atoms with Crippen molar-refractivity contribution in [2.45, 2.75) is 0 Å². The second-order valence-electron chi connectivity index (χ2n) is 13.5. The molecule has 0 radical (unpaired) electrons. The van der Waals surface area contributed by atoms with Crippen LogP contribution in [0.3, 0.4) is 0 Å². The summed E-state index contributed by atoms with van der Waals surface area (Å²) < 4.78 is 5.06. The number of para-hydroxylation sites is 4. The molecule has 0 fully saturated rings. The van der Waals surface area contributed by atoms with E-state index in [2.05, 4.69) is 216 Å². The molecule has 2 heterocycles. The van der Waals surface area contributed by atoms with Gasteiger partial charge in [0.05, 0.1) is 0 Å². The number of benzene rings is 8. The number of hydrogen-bond donors (Lipinski definition) is 0. The number of fused-ring (bicyclic) bond motifs is 2. The van der Waals surface area contributed by atoms with Crippen LogP contribution in [0.1, 0.15) is 0 Å². The fraction of sp³-hybridized carbons (Fsp3) is 0. The van der Waals surface area contributed by atoms with Crippen molar-refractivity contribution in [3.05, 3.63) is 206 Å². The molecule has 4 nitrogen and oxygen atoms in total. The topological polar surface area (TPSA) is 32.3 Å². The van der Waals surface area contributed by atoms with E-state index in [0.29, 0.717) is 0 Å². The zero-order valence-corrected chi connectivity index (χ0v) is 33.7. The molecule has 266 valence electrons. The van der Waals surface area contributed by atoms with Crippen LogP contribution in [0.4, 0.5) is 34.1 Å². The fourth-order valence-electron chi connectivity index (χ4n) is 7.15. The predicted octanol–water partition coefficient (Wildman–Crippen LogP) is 12.8. The molecule has 0 aliphatic rings. The van der Waals surface area contributed by atoms with E-state index in [-0.39, 0.29) is 29.0 Å². The molecule has 0 spiro atoms. The Morgan fingerprint density at radius 1 is 0.268 bits per heavy atom. The Morgan fingerprint density at radius 3 is 0.893 bits per heavy atom. The van der Waals surface area contributed by atoms with E-state index in [0.717, 1.165) is 45.2 Å². The number of rotatable bonds is 9. The van der Waals surface area contributed by atoms with E-state index < -0.39 is 0 Å². The van der Waals surface area contributed by atoms with Crippen LogP contribution in [0.5, 0.6) is 0 Å². The van der Waals surface area contributed by atoms with E-state index in [1.807, 2.05) is 0 Å². The number of hydrogen-bond acceptors (Lipinski definition) is 4. The van der Waals surface area contributed by atoms with Crippen LogP contribution in [0.15, 0.2) is 206 Å². The van der Waals surface area contributed by atoms with Crippen LogP contribution in [-0.4, -0.2) is 39.0 Å². The van der Waals surface area contributed by atoms with Crippen LogP contribution < -0.4 is 9.80 Å². The molecular weight excluding hydrogens is 814 g/mol. The minimum absolute atomic E-state index is 0.219. The Morgan fingerprint density at radius 2 is 0.554 bits per heavy atom. The Bertz CT molecular complexity index is 2620. The third-order valence-electron chi connectivity index (χ3n) is 9.95. The van der Waals surface area contributed by atoms with Crippen molar-refractivity contribution in [2.24, 2.45) is 0 Å². The third-order valence-corrected chi connectivity index (χ3v) is 14.5. The van der Waals surface area contributed by atoms with Crippen LogP contribution in [0, 0.1) is 0 Å². The molecule has 0 N–H and O–H groups in total. The van der Waals surface area contributed by atoms with Gasteiger partial charge in [0.25, 0.3) is 0 Å². The number of anilines is 6. The SMILES string of the molecule is c1ccc(N(c2ccc(-c3ccc(N(c4ccccc4)c4ccc(-c5nc6ccccc6[se]5)cc4)cc3)cc2)c2ccc(-c3nc4ccccc4[se]3)cc2)cc1. The summed E-state index contributed by atoms with van der Waals surface area (Å²) in [5, 5.41) is 0. The molecule has 0 bridgehead atoms. The van der Waals surface area contributed by atoms with E-state index in [1.165, 1.54) is 39.9 Å². The Balaban J connectivity index is 0.925. The summed E-state index contributed by atoms with van der Waals surface area (Å²) in [5.74, 6) is 0. The molecule has 0 amide bonds. The van der Waals surface area contributed by atoms with Gasteiger partial charge in [0.2, 0.25) is 0 Å². The van der Waals surface area contributed by atoms with Crippen molar-refractivity contribution in [2.75, 3.05) is 9.80 Å². The predicted molar refractivity (Wildman–Crippen MR) is 237 cm³/mol. The molecule has 0 aliphatic heterocycles. The van der Waals surface area contributed by atoms with E-state index in [4.69, 9.17) is 9.97 Å². The number of nitrogens with zero attached hydrogens (tertiary/aromatic N) is 4. The summed E-state index contributed by atoms with van der Waals surface area (Å²) in [6.07, 6.45) is 0. The maximum absolute atomic E-state index is 4.94. The van der Waals surface area contributed by atoms with Crippen LogP contribution in [0.25, 0.3) is 50.9 Å². The van der Waals surface area contributed by atoms with E-state index in [1.54, 1.807) is 0 Å². The molecule has 2 aromatic heterocycles. The van der Waals surface area contributed by atoms with Crippen LogP contribution in [-0.2, 0) is 0 Å². The fourth-order valence-corrected chi connectivity index (χ4v) is 11.2. The van der Waals surface area contributed by atoms with Crippen molar-refractivity contribution >= 4 is 82.7 Å². The minimum atomic E-state index is 0.219. The van der Waals surface area contributed by atoms with Crippen LogP contribution in [0.2, 0.25) is 0 Å². The van der Waals surface area contributed by atoms with Gasteiger partial charge in [-0.15, -0.1) is 0 Å². The van der Waals surface area contributed by atoms with Gasteiger partial charge in [-0.2, -0.15) is 0 Å². The van der Waals surface area contributed by atoms with Crippen molar-refractivity contribution in [1.82, 2.24) is 9.97 Å². The molecule has 0 atom stereocenters. The normalized spacial score (nSPS) is 11.2. The van der Waals surface area contributed by atoms with Crippen molar-refractivity contribution in [3.8, 4) is 31.4 Å². The van der Waals surface area contributed by atoms with E-state index in [9.17, 15) is 0 Å². The summed E-state index contributed by atoms with van der Waals surface area (Å²) in [6, 6.07) is 73.6. The summed E-state index contributed by atoms with van der Waals surface area (Å²) in [7, 11) is 0. The molecule has 10 rings (SSSR count). The Kier molecular flexibility index (Phi) is 9.24. The van der Waals surface area contributed by atoms with Gasteiger partial charge in [0.1, 0.15) is 0 Å². The standard InChI is InChI=1S/C50H34N4Se2/c1-3-11-39(12-4-1)53(43-31-23-37(24-32-43)49-51-45-15-7-9-17-47(45)55-49)41-27-19-35(20-28-41)36-21-29-42(30-22-36)54(40-13-5-2-6-14-40)44-33-25-38(26-34-44)50-52-46-16-8-10-18-48(46)56-50/h1-34H. The first-order valence-electron chi connectivity index (χ1n) is 18.6. The molecule has 10 aromatic rings.